The molecular formula is C36H37N5O6S. The molecule has 2 aromatic heterocycles. The van der Waals surface area contributed by atoms with E-state index in [1.54, 1.807) is 24.3 Å². The summed E-state index contributed by atoms with van der Waals surface area (Å²) in [6, 6.07) is 13.7. The Bertz CT molecular complexity index is 1900. The van der Waals surface area contributed by atoms with E-state index in [1.807, 2.05) is 24.4 Å². The van der Waals surface area contributed by atoms with Crippen LogP contribution in [0, 0.1) is 5.92 Å². The molecule has 2 aromatic carbocycles. The standard InChI is InChI=1S/C36H37N5O6S/c1-2-11-38-35(44)29-8-6-24(32(40-29)36(45)46)25-17-30-27(33-22(9-12-47-30)10-13-48-33)16-26(25)34(43)41-28-7-5-21(18-37)14-23(28)15-31(42)39-19-20-3-4-20/h5-8,10,13-14,16-17,20H,2-4,9,11-12,15,18-19,37H2,1H3,(H,38,44)(H,39,42)(H,41,43)(H,45,46). The van der Waals surface area contributed by atoms with E-state index in [0.29, 0.717) is 61.0 Å². The lowest BCUT2D eigenvalue weighted by molar-refractivity contribution is -0.120. The molecular weight excluding hydrogens is 630 g/mol. The summed E-state index contributed by atoms with van der Waals surface area (Å²) in [5, 5.41) is 20.9. The van der Waals surface area contributed by atoms with Crippen LogP contribution in [0.3, 0.4) is 0 Å². The number of carboxylic acids is 1. The van der Waals surface area contributed by atoms with Crippen molar-refractivity contribution in [1.82, 2.24) is 15.6 Å². The molecule has 0 unspecified atom stereocenters. The number of nitrogens with zero attached hydrogens (tertiary/aromatic N) is 1. The van der Waals surface area contributed by atoms with Gasteiger partial charge in [-0.25, -0.2) is 9.78 Å². The number of pyridine rings is 1. The molecule has 3 heterocycles. The van der Waals surface area contributed by atoms with E-state index in [1.165, 1.54) is 23.5 Å². The van der Waals surface area contributed by atoms with Crippen LogP contribution in [0.1, 0.15) is 74.2 Å². The Morgan fingerprint density at radius 2 is 1.83 bits per heavy atom. The second-order valence-corrected chi connectivity index (χ2v) is 12.9. The summed E-state index contributed by atoms with van der Waals surface area (Å²) in [6.45, 7) is 3.62. The lowest BCUT2D eigenvalue weighted by atomic mass is 9.93. The molecule has 0 saturated heterocycles. The van der Waals surface area contributed by atoms with Gasteiger partial charge < -0.3 is 31.5 Å². The molecule has 12 heteroatoms. The van der Waals surface area contributed by atoms with E-state index in [4.69, 9.17) is 10.5 Å². The Morgan fingerprint density at radius 1 is 1.00 bits per heavy atom. The first kappa shape index (κ1) is 32.9. The van der Waals surface area contributed by atoms with Crippen LogP contribution in [-0.2, 0) is 24.2 Å². The van der Waals surface area contributed by atoms with Gasteiger partial charge in [0.25, 0.3) is 11.8 Å². The number of nitrogens with two attached hydrogens (primary N) is 1. The van der Waals surface area contributed by atoms with Crippen LogP contribution in [0.15, 0.2) is 53.9 Å². The van der Waals surface area contributed by atoms with Gasteiger partial charge in [-0.3, -0.25) is 14.4 Å². The highest BCUT2D eigenvalue weighted by Gasteiger charge is 2.27. The number of aromatic carboxylic acids is 1. The first-order chi connectivity index (χ1) is 23.2. The van der Waals surface area contributed by atoms with Crippen molar-refractivity contribution in [2.75, 3.05) is 25.0 Å². The first-order valence-corrected chi connectivity index (χ1v) is 16.9. The summed E-state index contributed by atoms with van der Waals surface area (Å²) in [6.07, 6.45) is 3.65. The van der Waals surface area contributed by atoms with Crippen molar-refractivity contribution in [1.29, 1.82) is 0 Å². The second-order valence-electron chi connectivity index (χ2n) is 12.0. The molecule has 0 spiro atoms. The van der Waals surface area contributed by atoms with E-state index in [0.717, 1.165) is 28.8 Å². The molecule has 0 atom stereocenters. The van der Waals surface area contributed by atoms with Crippen molar-refractivity contribution >= 4 is 40.7 Å². The fourth-order valence-electron chi connectivity index (χ4n) is 5.67. The Morgan fingerprint density at radius 3 is 2.58 bits per heavy atom. The quantitative estimate of drug-likeness (QED) is 0.140. The molecule has 248 valence electrons. The van der Waals surface area contributed by atoms with E-state index >= 15 is 0 Å². The smallest absolute Gasteiger partial charge is 0.355 e. The molecule has 48 heavy (non-hydrogen) atoms. The maximum absolute atomic E-state index is 14.3. The first-order valence-electron chi connectivity index (χ1n) is 16.1. The van der Waals surface area contributed by atoms with E-state index in [2.05, 4.69) is 20.9 Å². The van der Waals surface area contributed by atoms with Gasteiger partial charge in [-0.2, -0.15) is 0 Å². The van der Waals surface area contributed by atoms with Crippen LogP contribution in [0.5, 0.6) is 5.75 Å². The van der Waals surface area contributed by atoms with Crippen molar-refractivity contribution in [2.45, 2.75) is 45.6 Å². The van der Waals surface area contributed by atoms with Gasteiger partial charge in [0.05, 0.1) is 13.0 Å². The van der Waals surface area contributed by atoms with Gasteiger partial charge in [-0.15, -0.1) is 11.3 Å². The Labute approximate surface area is 281 Å². The zero-order chi connectivity index (χ0) is 33.8. The van der Waals surface area contributed by atoms with E-state index in [-0.39, 0.29) is 47.0 Å². The number of rotatable bonds is 12. The molecule has 6 N–H and O–H groups in total. The average molecular weight is 668 g/mol. The van der Waals surface area contributed by atoms with Crippen molar-refractivity contribution in [3.8, 4) is 27.3 Å². The third kappa shape index (κ3) is 7.24. The Hall–Kier alpha value is -5.07. The minimum absolute atomic E-state index is 0.0468. The molecule has 3 amide bonds. The normalized spacial score (nSPS) is 13.4. The number of thiophene rings is 1. The van der Waals surface area contributed by atoms with E-state index in [9.17, 15) is 24.3 Å². The maximum Gasteiger partial charge on any atom is 0.355 e. The number of carbonyl (C=O) groups is 4. The number of fused-ring (bicyclic) bond motifs is 3. The number of hydrogen-bond acceptors (Lipinski definition) is 8. The van der Waals surface area contributed by atoms with Crippen LogP contribution >= 0.6 is 11.3 Å². The number of benzene rings is 2. The molecule has 1 aliphatic heterocycles. The number of amides is 3. The summed E-state index contributed by atoms with van der Waals surface area (Å²) < 4.78 is 6.13. The highest BCUT2D eigenvalue weighted by molar-refractivity contribution is 7.13. The predicted molar refractivity (Wildman–Crippen MR) is 183 cm³/mol. The van der Waals surface area contributed by atoms with Crippen LogP contribution < -0.4 is 26.4 Å². The molecule has 4 aromatic rings. The minimum atomic E-state index is -1.35. The van der Waals surface area contributed by atoms with Crippen LogP contribution in [0.2, 0.25) is 0 Å². The number of carbonyl (C=O) groups excluding carboxylic acids is 3. The number of ether oxygens (including phenoxy) is 1. The van der Waals surface area contributed by atoms with Crippen molar-refractivity contribution in [3.63, 3.8) is 0 Å². The monoisotopic (exact) mass is 667 g/mol. The molecule has 11 nitrogen and oxygen atoms in total. The van der Waals surface area contributed by atoms with Crippen LogP contribution in [-0.4, -0.2) is 53.5 Å². The molecule has 1 aliphatic carbocycles. The van der Waals surface area contributed by atoms with Gasteiger partial charge in [-0.05, 0) is 83.6 Å². The molecule has 6 rings (SSSR count). The topological polar surface area (TPSA) is 173 Å². The number of nitrogens with one attached hydrogen (secondary N) is 3. The summed E-state index contributed by atoms with van der Waals surface area (Å²) in [5.41, 5.74) is 9.75. The lowest BCUT2D eigenvalue weighted by Crippen LogP contribution is -2.27. The molecule has 1 fully saturated rings. The summed E-state index contributed by atoms with van der Waals surface area (Å²) in [4.78, 5) is 57.6. The molecule has 1 saturated carbocycles. The number of aromatic nitrogens is 1. The third-order valence-electron chi connectivity index (χ3n) is 8.43. The molecule has 0 bridgehead atoms. The van der Waals surface area contributed by atoms with Gasteiger partial charge in [0.1, 0.15) is 11.4 Å². The van der Waals surface area contributed by atoms with Gasteiger partial charge in [-0.1, -0.05) is 19.1 Å². The van der Waals surface area contributed by atoms with E-state index < -0.39 is 17.8 Å². The summed E-state index contributed by atoms with van der Waals surface area (Å²) in [7, 11) is 0. The minimum Gasteiger partial charge on any atom is -0.493 e. The third-order valence-corrected chi connectivity index (χ3v) is 9.42. The molecule has 2 aliphatic rings. The highest BCUT2D eigenvalue weighted by atomic mass is 32.1. The number of carboxylic acid groups (broad SMARTS) is 1. The maximum atomic E-state index is 14.3. The predicted octanol–water partition coefficient (Wildman–Crippen LogP) is 5.03. The lowest BCUT2D eigenvalue weighted by Gasteiger charge is -2.18. The SMILES string of the molecule is CCCNC(=O)c1ccc(-c2cc3c(cc2C(=O)Nc2ccc(CN)cc2CC(=O)NCC2CC2)-c2sccc2CCO3)c(C(=O)O)n1. The van der Waals surface area contributed by atoms with Crippen LogP contribution in [0.4, 0.5) is 5.69 Å². The van der Waals surface area contributed by atoms with Crippen molar-refractivity contribution in [2.24, 2.45) is 11.7 Å². The summed E-state index contributed by atoms with van der Waals surface area (Å²) in [5.74, 6) is -1.49. The van der Waals surface area contributed by atoms with Crippen molar-refractivity contribution in [3.05, 3.63) is 87.6 Å². The number of hydrogen-bond donors (Lipinski definition) is 5. The second kappa shape index (κ2) is 14.4. The average Bonchev–Trinajstić information content (AvgIpc) is 3.84. The fraction of sp³-hybridized carbons (Fsp3) is 0.306. The zero-order valence-corrected chi connectivity index (χ0v) is 27.4. The Balaban J connectivity index is 1.43. The highest BCUT2D eigenvalue weighted by Crippen LogP contribution is 2.43. The van der Waals surface area contributed by atoms with Gasteiger partial charge in [0.15, 0.2) is 5.69 Å². The van der Waals surface area contributed by atoms with Gasteiger partial charge in [0, 0.05) is 58.9 Å². The largest absolute Gasteiger partial charge is 0.493 e. The van der Waals surface area contributed by atoms with Crippen molar-refractivity contribution < 1.29 is 29.0 Å². The molecule has 0 radical (unpaired) electrons. The summed E-state index contributed by atoms with van der Waals surface area (Å²) >= 11 is 1.53. The van der Waals surface area contributed by atoms with Crippen LogP contribution in [0.25, 0.3) is 21.6 Å². The van der Waals surface area contributed by atoms with Gasteiger partial charge in [0.2, 0.25) is 5.91 Å². The van der Waals surface area contributed by atoms with Gasteiger partial charge >= 0.3 is 5.97 Å². The Kier molecular flexibility index (Phi) is 9.83. The number of anilines is 1. The zero-order valence-electron chi connectivity index (χ0n) is 26.6. The fourth-order valence-corrected chi connectivity index (χ4v) is 6.65.